The number of benzene rings is 1. The number of aromatic nitrogens is 2. The highest BCUT2D eigenvalue weighted by Crippen LogP contribution is 2.34. The smallest absolute Gasteiger partial charge is 0.417 e. The van der Waals surface area contributed by atoms with Crippen molar-refractivity contribution in [3.63, 3.8) is 0 Å². The normalized spacial score (nSPS) is 13.8. The van der Waals surface area contributed by atoms with Gasteiger partial charge in [-0.05, 0) is 38.1 Å². The van der Waals surface area contributed by atoms with Crippen LogP contribution in [0.15, 0.2) is 47.0 Å². The lowest BCUT2D eigenvalue weighted by molar-refractivity contribution is -0.141. The number of pyridine rings is 1. The molecule has 1 aromatic carbocycles. The molecule has 10 nitrogen and oxygen atoms in total. The van der Waals surface area contributed by atoms with E-state index in [0.717, 1.165) is 0 Å². The molecule has 0 bridgehead atoms. The van der Waals surface area contributed by atoms with E-state index in [9.17, 15) is 27.2 Å². The Kier molecular flexibility index (Phi) is 8.21. The van der Waals surface area contributed by atoms with Gasteiger partial charge in [0.25, 0.3) is 11.9 Å². The van der Waals surface area contributed by atoms with E-state index in [4.69, 9.17) is 4.42 Å². The van der Waals surface area contributed by atoms with Crippen LogP contribution >= 0.6 is 0 Å². The fourth-order valence-electron chi connectivity index (χ4n) is 4.01. The van der Waals surface area contributed by atoms with Gasteiger partial charge in [-0.3, -0.25) is 4.79 Å². The van der Waals surface area contributed by atoms with Crippen molar-refractivity contribution in [1.82, 2.24) is 14.9 Å². The van der Waals surface area contributed by atoms with Crippen molar-refractivity contribution in [1.29, 1.82) is 0 Å². The van der Waals surface area contributed by atoms with Gasteiger partial charge in [0.2, 0.25) is 5.76 Å². The van der Waals surface area contributed by atoms with Crippen LogP contribution in [0.1, 0.15) is 30.1 Å². The van der Waals surface area contributed by atoms with Crippen LogP contribution in [0.2, 0.25) is 0 Å². The van der Waals surface area contributed by atoms with Crippen LogP contribution < -0.4 is 20.4 Å². The summed E-state index contributed by atoms with van der Waals surface area (Å²) in [5.74, 6) is -2.00. The summed E-state index contributed by atoms with van der Waals surface area (Å²) >= 11 is 0. The number of anilines is 4. The molecule has 14 heteroatoms. The number of piperazine rings is 1. The molecule has 1 aliphatic heterocycles. The molecule has 0 spiro atoms. The molecule has 39 heavy (non-hydrogen) atoms. The molecule has 0 atom stereocenters. The molecule has 1 aliphatic rings. The van der Waals surface area contributed by atoms with Gasteiger partial charge in [-0.1, -0.05) is 12.1 Å². The molecule has 1 saturated heterocycles. The summed E-state index contributed by atoms with van der Waals surface area (Å²) in [6, 6.07) is 8.31. The van der Waals surface area contributed by atoms with Crippen molar-refractivity contribution in [2.24, 2.45) is 0 Å². The summed E-state index contributed by atoms with van der Waals surface area (Å²) in [6.07, 6.45) is -3.56. The number of nitrogens with one attached hydrogen (secondary N) is 2. The van der Waals surface area contributed by atoms with E-state index >= 15 is 0 Å². The molecule has 0 unspecified atom stereocenters. The van der Waals surface area contributed by atoms with Gasteiger partial charge in [0.1, 0.15) is 11.6 Å². The predicted octanol–water partition coefficient (Wildman–Crippen LogP) is 4.68. The third-order valence-corrected chi connectivity index (χ3v) is 6.14. The quantitative estimate of drug-likeness (QED) is 0.412. The summed E-state index contributed by atoms with van der Waals surface area (Å²) in [5, 5.41) is 4.93. The van der Waals surface area contributed by atoms with E-state index in [1.54, 1.807) is 30.9 Å². The van der Waals surface area contributed by atoms with Crippen LogP contribution in [0.3, 0.4) is 0 Å². The highest BCUT2D eigenvalue weighted by Gasteiger charge is 2.41. The monoisotopic (exact) mass is 549 g/mol. The second kappa shape index (κ2) is 11.6. The Morgan fingerprint density at radius 2 is 1.72 bits per heavy atom. The van der Waals surface area contributed by atoms with E-state index in [2.05, 4.69) is 20.6 Å². The number of hydrogen-bond acceptors (Lipinski definition) is 7. The maximum absolute atomic E-state index is 13.8. The second-order valence-corrected chi connectivity index (χ2v) is 8.59. The SMILES string of the molecule is CCN(CC)c1nc(C(F)(F)F)c(C(=O)Nc2ccc(N3CCN(C(=O)Nc4ccccc4F)CC3)nc2)o1. The Morgan fingerprint density at radius 1 is 1.03 bits per heavy atom. The predicted molar refractivity (Wildman–Crippen MR) is 136 cm³/mol. The third kappa shape index (κ3) is 6.38. The highest BCUT2D eigenvalue weighted by molar-refractivity contribution is 6.03. The van der Waals surface area contributed by atoms with Crippen molar-refractivity contribution in [3.8, 4) is 0 Å². The Labute approximate surface area is 221 Å². The van der Waals surface area contributed by atoms with Crippen LogP contribution in [0, 0.1) is 5.82 Å². The van der Waals surface area contributed by atoms with Gasteiger partial charge < -0.3 is 29.8 Å². The minimum atomic E-state index is -4.88. The van der Waals surface area contributed by atoms with Crippen LogP contribution in [0.25, 0.3) is 0 Å². The minimum Gasteiger partial charge on any atom is -0.417 e. The molecule has 0 saturated carbocycles. The Morgan fingerprint density at radius 3 is 2.31 bits per heavy atom. The van der Waals surface area contributed by atoms with Gasteiger partial charge in [0.05, 0.1) is 17.6 Å². The molecular weight excluding hydrogens is 522 g/mol. The molecule has 2 N–H and O–H groups in total. The first-order valence-electron chi connectivity index (χ1n) is 12.3. The number of para-hydroxylation sites is 1. The molecule has 0 radical (unpaired) electrons. The molecule has 3 heterocycles. The molecule has 3 aromatic rings. The summed E-state index contributed by atoms with van der Waals surface area (Å²) < 4.78 is 59.5. The number of carbonyl (C=O) groups excluding carboxylic acids is 2. The van der Waals surface area contributed by atoms with Crippen molar-refractivity contribution >= 4 is 35.1 Å². The summed E-state index contributed by atoms with van der Waals surface area (Å²) in [6.45, 7) is 5.79. The fourth-order valence-corrected chi connectivity index (χ4v) is 4.01. The van der Waals surface area contributed by atoms with E-state index in [1.807, 2.05) is 4.90 Å². The minimum absolute atomic E-state index is 0.0983. The number of alkyl halides is 3. The van der Waals surface area contributed by atoms with Gasteiger partial charge in [-0.15, -0.1) is 0 Å². The second-order valence-electron chi connectivity index (χ2n) is 8.59. The van der Waals surface area contributed by atoms with Gasteiger partial charge in [0, 0.05) is 39.3 Å². The van der Waals surface area contributed by atoms with Crippen molar-refractivity contribution in [2.45, 2.75) is 20.0 Å². The topological polar surface area (TPSA) is 107 Å². The first-order valence-corrected chi connectivity index (χ1v) is 12.3. The molecule has 3 amide bonds. The van der Waals surface area contributed by atoms with E-state index in [-0.39, 0.29) is 17.4 Å². The molecule has 208 valence electrons. The maximum Gasteiger partial charge on any atom is 0.437 e. The van der Waals surface area contributed by atoms with Crippen LogP contribution in [0.5, 0.6) is 0 Å². The number of hydrogen-bond donors (Lipinski definition) is 2. The van der Waals surface area contributed by atoms with Crippen molar-refractivity contribution < 1.29 is 31.6 Å². The lowest BCUT2D eigenvalue weighted by atomic mass is 10.3. The number of amides is 3. The first kappa shape index (κ1) is 27.7. The van der Waals surface area contributed by atoms with Gasteiger partial charge >= 0.3 is 12.2 Å². The molecule has 4 rings (SSSR count). The summed E-state index contributed by atoms with van der Waals surface area (Å²) in [5.41, 5.74) is -1.13. The number of urea groups is 1. The Balaban J connectivity index is 1.37. The molecule has 2 aromatic heterocycles. The molecular formula is C25H27F4N7O3. The number of nitrogens with zero attached hydrogens (tertiary/aromatic N) is 5. The zero-order valence-electron chi connectivity index (χ0n) is 21.3. The van der Waals surface area contributed by atoms with Crippen LogP contribution in [-0.4, -0.2) is 66.1 Å². The van der Waals surface area contributed by atoms with Crippen molar-refractivity contribution in [3.05, 3.63) is 59.9 Å². The largest absolute Gasteiger partial charge is 0.437 e. The summed E-state index contributed by atoms with van der Waals surface area (Å²) in [4.78, 5) is 37.9. The van der Waals surface area contributed by atoms with Gasteiger partial charge in [-0.2, -0.15) is 18.2 Å². The average Bonchev–Trinajstić information content (AvgIpc) is 3.38. The number of oxazole rings is 1. The Hall–Kier alpha value is -4.36. The van der Waals surface area contributed by atoms with E-state index in [1.165, 1.54) is 35.4 Å². The lowest BCUT2D eigenvalue weighted by Gasteiger charge is -2.35. The summed E-state index contributed by atoms with van der Waals surface area (Å²) in [7, 11) is 0. The number of carbonyl (C=O) groups is 2. The van der Waals surface area contributed by atoms with Crippen LogP contribution in [0.4, 0.5) is 45.6 Å². The fraction of sp³-hybridized carbons (Fsp3) is 0.360. The highest BCUT2D eigenvalue weighted by atomic mass is 19.4. The van der Waals surface area contributed by atoms with E-state index < -0.39 is 35.4 Å². The maximum atomic E-state index is 13.8. The van der Waals surface area contributed by atoms with Gasteiger partial charge in [-0.25, -0.2) is 14.2 Å². The lowest BCUT2D eigenvalue weighted by Crippen LogP contribution is -2.50. The van der Waals surface area contributed by atoms with E-state index in [0.29, 0.717) is 45.1 Å². The standard InChI is InChI=1S/C25H27F4N7O3/c1-3-34(4-2)24-33-21(25(27,28)29)20(39-24)22(37)31-16-9-10-19(30-15-16)35-11-13-36(14-12-35)23(38)32-18-8-6-5-7-17(18)26/h5-10,15H,3-4,11-14H2,1-2H3,(H,31,37)(H,32,38). The number of rotatable bonds is 7. The van der Waals surface area contributed by atoms with Crippen molar-refractivity contribution in [2.75, 3.05) is 59.7 Å². The third-order valence-electron chi connectivity index (χ3n) is 6.14. The zero-order chi connectivity index (χ0) is 28.2. The van der Waals surface area contributed by atoms with Crippen LogP contribution in [-0.2, 0) is 6.18 Å². The zero-order valence-corrected chi connectivity index (χ0v) is 21.3. The molecule has 0 aliphatic carbocycles. The number of halogens is 4. The average molecular weight is 550 g/mol. The Bertz CT molecular complexity index is 1300. The molecule has 1 fully saturated rings. The van der Waals surface area contributed by atoms with Gasteiger partial charge in [0.15, 0.2) is 5.69 Å². The first-order chi connectivity index (χ1) is 18.6.